The zero-order valence-corrected chi connectivity index (χ0v) is 11.4. The molecule has 0 aliphatic carbocycles. The second-order valence-corrected chi connectivity index (χ2v) is 4.46. The molecule has 3 N–H and O–H groups in total. The molecule has 0 fully saturated rings. The molecule has 0 aliphatic rings. The fourth-order valence-corrected chi connectivity index (χ4v) is 1.59. The first-order chi connectivity index (χ1) is 10.3. The van der Waals surface area contributed by atoms with E-state index in [2.05, 4.69) is 20.3 Å². The van der Waals surface area contributed by atoms with Gasteiger partial charge in [0.25, 0.3) is 0 Å². The van der Waals surface area contributed by atoms with Gasteiger partial charge in [0, 0.05) is 24.0 Å². The van der Waals surface area contributed by atoms with Crippen LogP contribution in [0, 0.1) is 0 Å². The van der Waals surface area contributed by atoms with Crippen LogP contribution in [-0.4, -0.2) is 26.9 Å². The zero-order valence-electron chi connectivity index (χ0n) is 11.4. The van der Waals surface area contributed by atoms with Crippen molar-refractivity contribution in [3.05, 3.63) is 36.3 Å². The number of hydrogen-bond acceptors (Lipinski definition) is 5. The summed E-state index contributed by atoms with van der Waals surface area (Å²) in [5.41, 5.74) is 4.34. The highest BCUT2D eigenvalue weighted by atomic mass is 19.4. The van der Waals surface area contributed by atoms with E-state index in [1.54, 1.807) is 0 Å². The topological polar surface area (TPSA) is 93.8 Å². The van der Waals surface area contributed by atoms with Gasteiger partial charge in [-0.1, -0.05) is 0 Å². The Morgan fingerprint density at radius 2 is 1.91 bits per heavy atom. The van der Waals surface area contributed by atoms with E-state index in [1.807, 2.05) is 0 Å². The SMILES string of the molecule is CC(Nc1cc(C(F)(F)F)nc(-c2ccncc2)n1)C(N)=O. The fraction of sp³-hybridized carbons (Fsp3) is 0.231. The molecule has 6 nitrogen and oxygen atoms in total. The lowest BCUT2D eigenvalue weighted by atomic mass is 10.2. The number of carbonyl (C=O) groups is 1. The lowest BCUT2D eigenvalue weighted by molar-refractivity contribution is -0.141. The van der Waals surface area contributed by atoms with Gasteiger partial charge < -0.3 is 11.1 Å². The molecule has 22 heavy (non-hydrogen) atoms. The predicted molar refractivity (Wildman–Crippen MR) is 72.5 cm³/mol. The van der Waals surface area contributed by atoms with E-state index in [9.17, 15) is 18.0 Å². The molecular formula is C13H12F3N5O. The molecule has 1 amide bonds. The van der Waals surface area contributed by atoms with Crippen molar-refractivity contribution < 1.29 is 18.0 Å². The second-order valence-electron chi connectivity index (χ2n) is 4.46. The van der Waals surface area contributed by atoms with Crippen molar-refractivity contribution in [3.63, 3.8) is 0 Å². The first-order valence-electron chi connectivity index (χ1n) is 6.20. The standard InChI is InChI=1S/C13H12F3N5O/c1-7(11(17)22)19-10-6-9(13(14,15)16)20-12(21-10)8-2-4-18-5-3-8/h2-7H,1H3,(H2,17,22)(H,19,20,21). The maximum atomic E-state index is 12.9. The molecule has 2 heterocycles. The summed E-state index contributed by atoms with van der Waals surface area (Å²) in [6.45, 7) is 1.42. The minimum absolute atomic E-state index is 0.128. The number of alkyl halides is 3. The predicted octanol–water partition coefficient (Wildman–Crippen LogP) is 1.84. The Balaban J connectivity index is 2.48. The van der Waals surface area contributed by atoms with Crippen molar-refractivity contribution in [1.82, 2.24) is 15.0 Å². The normalized spacial score (nSPS) is 12.7. The van der Waals surface area contributed by atoms with Crippen molar-refractivity contribution in [1.29, 1.82) is 0 Å². The second kappa shape index (κ2) is 5.96. The molecule has 0 spiro atoms. The van der Waals surface area contributed by atoms with Crippen molar-refractivity contribution in [2.24, 2.45) is 5.73 Å². The Hall–Kier alpha value is -2.71. The average molecular weight is 311 g/mol. The number of anilines is 1. The first kappa shape index (κ1) is 15.7. The molecule has 9 heteroatoms. The van der Waals surface area contributed by atoms with Crippen LogP contribution in [0.2, 0.25) is 0 Å². The van der Waals surface area contributed by atoms with Gasteiger partial charge in [-0.25, -0.2) is 9.97 Å². The fourth-order valence-electron chi connectivity index (χ4n) is 1.59. The molecule has 2 rings (SSSR count). The summed E-state index contributed by atoms with van der Waals surface area (Å²) >= 11 is 0. The van der Waals surface area contributed by atoms with Crippen molar-refractivity contribution in [2.75, 3.05) is 5.32 Å². The van der Waals surface area contributed by atoms with Gasteiger partial charge in [-0.05, 0) is 19.1 Å². The maximum absolute atomic E-state index is 12.9. The first-order valence-corrected chi connectivity index (χ1v) is 6.20. The molecule has 0 saturated heterocycles. The van der Waals surface area contributed by atoms with Crippen molar-refractivity contribution in [2.45, 2.75) is 19.1 Å². The largest absolute Gasteiger partial charge is 0.433 e. The summed E-state index contributed by atoms with van der Waals surface area (Å²) in [5, 5.41) is 2.52. The number of amides is 1. The molecule has 0 saturated carbocycles. The number of hydrogen-bond donors (Lipinski definition) is 2. The van der Waals surface area contributed by atoms with Crippen molar-refractivity contribution in [3.8, 4) is 11.4 Å². The molecule has 0 radical (unpaired) electrons. The van der Waals surface area contributed by atoms with Crippen LogP contribution in [0.1, 0.15) is 12.6 Å². The molecular weight excluding hydrogens is 299 g/mol. The number of rotatable bonds is 4. The highest BCUT2D eigenvalue weighted by molar-refractivity contribution is 5.82. The molecule has 1 unspecified atom stereocenters. The quantitative estimate of drug-likeness (QED) is 0.898. The lowest BCUT2D eigenvalue weighted by Crippen LogP contribution is -2.33. The van der Waals surface area contributed by atoms with Crippen LogP contribution < -0.4 is 11.1 Å². The lowest BCUT2D eigenvalue weighted by Gasteiger charge is -2.14. The number of nitrogens with two attached hydrogens (primary N) is 1. The Bertz CT molecular complexity index is 675. The van der Waals surface area contributed by atoms with E-state index in [1.165, 1.54) is 31.5 Å². The molecule has 2 aromatic heterocycles. The summed E-state index contributed by atoms with van der Waals surface area (Å²) in [4.78, 5) is 22.3. The highest BCUT2D eigenvalue weighted by Gasteiger charge is 2.34. The van der Waals surface area contributed by atoms with E-state index in [4.69, 9.17) is 5.73 Å². The average Bonchev–Trinajstić information content (AvgIpc) is 2.46. The Labute approximate surface area is 123 Å². The molecule has 0 aliphatic heterocycles. The van der Waals surface area contributed by atoms with Crippen LogP contribution in [0.4, 0.5) is 19.0 Å². The highest BCUT2D eigenvalue weighted by Crippen LogP contribution is 2.30. The van der Waals surface area contributed by atoms with Gasteiger partial charge in [0.1, 0.15) is 11.9 Å². The number of nitrogens with zero attached hydrogens (tertiary/aromatic N) is 3. The van der Waals surface area contributed by atoms with E-state index in [-0.39, 0.29) is 11.6 Å². The Morgan fingerprint density at radius 1 is 1.27 bits per heavy atom. The maximum Gasteiger partial charge on any atom is 0.433 e. The van der Waals surface area contributed by atoms with Crippen LogP contribution >= 0.6 is 0 Å². The molecule has 0 bridgehead atoms. The smallest absolute Gasteiger partial charge is 0.368 e. The number of aromatic nitrogens is 3. The minimum Gasteiger partial charge on any atom is -0.368 e. The van der Waals surface area contributed by atoms with Crippen molar-refractivity contribution >= 4 is 11.7 Å². The molecule has 0 aromatic carbocycles. The summed E-state index contributed by atoms with van der Waals surface area (Å²) in [6.07, 6.45) is -1.81. The Kier molecular flexibility index (Phi) is 4.25. The van der Waals surface area contributed by atoms with Crippen LogP contribution in [0.5, 0.6) is 0 Å². The molecule has 1 atom stereocenters. The summed E-state index contributed by atoms with van der Waals surface area (Å²) in [5.74, 6) is -0.977. The zero-order chi connectivity index (χ0) is 16.3. The van der Waals surface area contributed by atoms with E-state index >= 15 is 0 Å². The van der Waals surface area contributed by atoms with Gasteiger partial charge in [-0.2, -0.15) is 13.2 Å². The summed E-state index contributed by atoms with van der Waals surface area (Å²) < 4.78 is 38.8. The third-order valence-corrected chi connectivity index (χ3v) is 2.75. The van der Waals surface area contributed by atoms with Gasteiger partial charge >= 0.3 is 6.18 Å². The molecule has 2 aromatic rings. The third-order valence-electron chi connectivity index (χ3n) is 2.75. The number of halogens is 3. The number of pyridine rings is 1. The van der Waals surface area contributed by atoms with Crippen LogP contribution in [0.3, 0.4) is 0 Å². The van der Waals surface area contributed by atoms with E-state index in [0.717, 1.165) is 6.07 Å². The van der Waals surface area contributed by atoms with Gasteiger partial charge in [0.05, 0.1) is 0 Å². The van der Waals surface area contributed by atoms with Gasteiger partial charge in [-0.3, -0.25) is 9.78 Å². The monoisotopic (exact) mass is 311 g/mol. The Morgan fingerprint density at radius 3 is 2.45 bits per heavy atom. The number of primary amides is 1. The van der Waals surface area contributed by atoms with E-state index in [0.29, 0.717) is 5.56 Å². The summed E-state index contributed by atoms with van der Waals surface area (Å²) in [7, 11) is 0. The van der Waals surface area contributed by atoms with Crippen LogP contribution in [-0.2, 0) is 11.0 Å². The van der Waals surface area contributed by atoms with Gasteiger partial charge in [0.15, 0.2) is 11.5 Å². The van der Waals surface area contributed by atoms with E-state index < -0.39 is 23.8 Å². The minimum atomic E-state index is -4.64. The van der Waals surface area contributed by atoms with Crippen LogP contribution in [0.25, 0.3) is 11.4 Å². The van der Waals surface area contributed by atoms with Gasteiger partial charge in [0.2, 0.25) is 5.91 Å². The van der Waals surface area contributed by atoms with Crippen LogP contribution in [0.15, 0.2) is 30.6 Å². The van der Waals surface area contributed by atoms with Gasteiger partial charge in [-0.15, -0.1) is 0 Å². The summed E-state index contributed by atoms with van der Waals surface area (Å²) in [6, 6.07) is 2.82. The number of carbonyl (C=O) groups excluding carboxylic acids is 1. The molecule has 116 valence electrons. The number of nitrogens with one attached hydrogen (secondary N) is 1. The third kappa shape index (κ3) is 3.68.